The van der Waals surface area contributed by atoms with Crippen LogP contribution in [-0.2, 0) is 12.8 Å². The minimum Gasteiger partial charge on any atom is -0.340 e. The standard InChI is InChI=1S/C26H34N4/c1-19-8-7-17-30(18-19)26-28-24-12-6-5-11-23(24)25(29-26)27-22-15-13-21(14-16-22)20-9-3-2-4-10-20/h5-6,13-16,19-20H,2-4,7-12,17-18H2,1H3,(H,27,28,29)/t19-/m0/s1. The van der Waals surface area contributed by atoms with Gasteiger partial charge in [-0.05, 0) is 61.6 Å². The number of aromatic nitrogens is 2. The van der Waals surface area contributed by atoms with Gasteiger partial charge in [0.25, 0.3) is 0 Å². The molecule has 2 aromatic rings. The molecule has 1 aromatic heterocycles. The molecule has 2 fully saturated rings. The maximum atomic E-state index is 5.02. The topological polar surface area (TPSA) is 41.1 Å². The van der Waals surface area contributed by atoms with Crippen LogP contribution in [0.5, 0.6) is 0 Å². The zero-order valence-corrected chi connectivity index (χ0v) is 18.2. The summed E-state index contributed by atoms with van der Waals surface area (Å²) < 4.78 is 0. The number of piperidine rings is 1. The van der Waals surface area contributed by atoms with Crippen LogP contribution in [0.1, 0.15) is 74.6 Å². The number of fused-ring (bicyclic) bond motifs is 1. The fourth-order valence-corrected chi connectivity index (χ4v) is 5.32. The maximum Gasteiger partial charge on any atom is 0.227 e. The van der Waals surface area contributed by atoms with Gasteiger partial charge in [-0.1, -0.05) is 50.5 Å². The smallest absolute Gasteiger partial charge is 0.227 e. The van der Waals surface area contributed by atoms with E-state index in [2.05, 4.69) is 53.6 Å². The number of hydrogen-bond acceptors (Lipinski definition) is 4. The Hall–Kier alpha value is -2.36. The third-order valence-electron chi connectivity index (χ3n) is 7.07. The predicted molar refractivity (Wildman–Crippen MR) is 125 cm³/mol. The molecular formula is C26H34N4. The van der Waals surface area contributed by atoms with Crippen molar-refractivity contribution in [1.29, 1.82) is 0 Å². The molecule has 1 aliphatic heterocycles. The largest absolute Gasteiger partial charge is 0.340 e. The average molecular weight is 403 g/mol. The van der Waals surface area contributed by atoms with E-state index in [0.29, 0.717) is 5.92 Å². The summed E-state index contributed by atoms with van der Waals surface area (Å²) in [6.07, 6.45) is 15.7. The van der Waals surface area contributed by atoms with Crippen LogP contribution in [0.4, 0.5) is 17.5 Å². The van der Waals surface area contributed by atoms with Crippen molar-refractivity contribution in [3.8, 4) is 0 Å². The Kier molecular flexibility index (Phi) is 5.74. The average Bonchev–Trinajstić information content (AvgIpc) is 2.80. The van der Waals surface area contributed by atoms with E-state index in [9.17, 15) is 0 Å². The Labute approximate surface area is 180 Å². The monoisotopic (exact) mass is 402 g/mol. The van der Waals surface area contributed by atoms with Crippen LogP contribution < -0.4 is 10.2 Å². The summed E-state index contributed by atoms with van der Waals surface area (Å²) in [5, 5.41) is 3.64. The SMILES string of the molecule is C[C@H]1CCCN(c2nc3c(c(Nc4ccc(C5CCCCC5)cc4)n2)CC=CC3)C1. The van der Waals surface area contributed by atoms with Crippen LogP contribution in [0.25, 0.3) is 0 Å². The number of benzene rings is 1. The molecule has 1 saturated heterocycles. The minimum absolute atomic E-state index is 0.710. The van der Waals surface area contributed by atoms with Crippen molar-refractivity contribution < 1.29 is 0 Å². The van der Waals surface area contributed by atoms with E-state index in [-0.39, 0.29) is 0 Å². The first kappa shape index (κ1) is 19.6. The number of nitrogens with one attached hydrogen (secondary N) is 1. The molecule has 1 atom stereocenters. The second kappa shape index (κ2) is 8.79. The van der Waals surface area contributed by atoms with Gasteiger partial charge in [0.05, 0.1) is 5.69 Å². The first-order chi connectivity index (χ1) is 14.8. The normalized spacial score (nSPS) is 22.0. The van der Waals surface area contributed by atoms with E-state index in [1.165, 1.54) is 61.8 Å². The summed E-state index contributed by atoms with van der Waals surface area (Å²) in [7, 11) is 0. The van der Waals surface area contributed by atoms with Crippen molar-refractivity contribution in [2.45, 2.75) is 70.6 Å². The van der Waals surface area contributed by atoms with Crippen molar-refractivity contribution in [1.82, 2.24) is 9.97 Å². The highest BCUT2D eigenvalue weighted by atomic mass is 15.3. The first-order valence-corrected chi connectivity index (χ1v) is 11.9. The molecule has 1 N–H and O–H groups in total. The van der Waals surface area contributed by atoms with Crippen LogP contribution in [0.2, 0.25) is 0 Å². The van der Waals surface area contributed by atoms with Crippen LogP contribution in [0.15, 0.2) is 36.4 Å². The van der Waals surface area contributed by atoms with Crippen LogP contribution in [-0.4, -0.2) is 23.1 Å². The molecule has 1 saturated carbocycles. The van der Waals surface area contributed by atoms with Gasteiger partial charge in [0.2, 0.25) is 5.95 Å². The summed E-state index contributed by atoms with van der Waals surface area (Å²) in [4.78, 5) is 12.4. The summed E-state index contributed by atoms with van der Waals surface area (Å²) in [6.45, 7) is 4.46. The molecule has 158 valence electrons. The quantitative estimate of drug-likeness (QED) is 0.622. The zero-order valence-electron chi connectivity index (χ0n) is 18.2. The van der Waals surface area contributed by atoms with E-state index in [0.717, 1.165) is 49.3 Å². The molecule has 0 amide bonds. The van der Waals surface area contributed by atoms with Crippen LogP contribution >= 0.6 is 0 Å². The molecule has 4 heteroatoms. The van der Waals surface area contributed by atoms with Crippen molar-refractivity contribution in [3.63, 3.8) is 0 Å². The molecule has 2 aliphatic carbocycles. The molecule has 0 bridgehead atoms. The summed E-state index contributed by atoms with van der Waals surface area (Å²) in [5.41, 5.74) is 5.06. The molecule has 30 heavy (non-hydrogen) atoms. The third kappa shape index (κ3) is 4.23. The number of hydrogen-bond donors (Lipinski definition) is 1. The number of nitrogens with zero attached hydrogens (tertiary/aromatic N) is 3. The summed E-state index contributed by atoms with van der Waals surface area (Å²) in [5.74, 6) is 3.35. The van der Waals surface area contributed by atoms with E-state index >= 15 is 0 Å². The molecule has 0 radical (unpaired) electrons. The molecule has 2 heterocycles. The minimum atomic E-state index is 0.710. The third-order valence-corrected chi connectivity index (χ3v) is 7.07. The van der Waals surface area contributed by atoms with Gasteiger partial charge in [0.15, 0.2) is 0 Å². The fourth-order valence-electron chi connectivity index (χ4n) is 5.32. The number of allylic oxidation sites excluding steroid dienone is 2. The zero-order chi connectivity index (χ0) is 20.3. The van der Waals surface area contributed by atoms with Gasteiger partial charge >= 0.3 is 0 Å². The lowest BCUT2D eigenvalue weighted by Gasteiger charge is -2.32. The fraction of sp³-hybridized carbons (Fsp3) is 0.538. The molecule has 1 aromatic carbocycles. The Morgan fingerprint density at radius 1 is 0.900 bits per heavy atom. The Balaban J connectivity index is 1.39. The van der Waals surface area contributed by atoms with Crippen LogP contribution in [0.3, 0.4) is 0 Å². The molecule has 3 aliphatic rings. The lowest BCUT2D eigenvalue weighted by molar-refractivity contribution is 0.441. The van der Waals surface area contributed by atoms with E-state index < -0.39 is 0 Å². The van der Waals surface area contributed by atoms with Gasteiger partial charge in [-0.25, -0.2) is 4.98 Å². The van der Waals surface area contributed by atoms with Crippen molar-refractivity contribution >= 4 is 17.5 Å². The Morgan fingerprint density at radius 2 is 1.70 bits per heavy atom. The van der Waals surface area contributed by atoms with Gasteiger partial charge in [-0.3, -0.25) is 0 Å². The van der Waals surface area contributed by atoms with E-state index in [1.807, 2.05) is 0 Å². The van der Waals surface area contributed by atoms with Crippen LogP contribution in [0, 0.1) is 5.92 Å². The molecule has 5 rings (SSSR count). The highest BCUT2D eigenvalue weighted by Gasteiger charge is 2.23. The Bertz CT molecular complexity index is 896. The first-order valence-electron chi connectivity index (χ1n) is 11.9. The molecule has 0 spiro atoms. The van der Waals surface area contributed by atoms with E-state index in [1.54, 1.807) is 0 Å². The van der Waals surface area contributed by atoms with Crippen molar-refractivity contribution in [2.24, 2.45) is 5.92 Å². The highest BCUT2D eigenvalue weighted by molar-refractivity contribution is 5.63. The second-order valence-electron chi connectivity index (χ2n) is 9.45. The lowest BCUT2D eigenvalue weighted by atomic mass is 9.84. The van der Waals surface area contributed by atoms with Crippen molar-refractivity contribution in [3.05, 3.63) is 53.2 Å². The summed E-state index contributed by atoms with van der Waals surface area (Å²) in [6, 6.07) is 9.11. The second-order valence-corrected chi connectivity index (χ2v) is 9.45. The number of anilines is 3. The lowest BCUT2D eigenvalue weighted by Crippen LogP contribution is -2.36. The highest BCUT2D eigenvalue weighted by Crippen LogP contribution is 2.34. The molecule has 4 nitrogen and oxygen atoms in total. The Morgan fingerprint density at radius 3 is 2.50 bits per heavy atom. The summed E-state index contributed by atoms with van der Waals surface area (Å²) >= 11 is 0. The molecular weight excluding hydrogens is 368 g/mol. The van der Waals surface area contributed by atoms with Gasteiger partial charge in [-0.2, -0.15) is 4.98 Å². The van der Waals surface area contributed by atoms with Gasteiger partial charge in [0.1, 0.15) is 5.82 Å². The maximum absolute atomic E-state index is 5.02. The number of rotatable bonds is 4. The van der Waals surface area contributed by atoms with E-state index in [4.69, 9.17) is 9.97 Å². The predicted octanol–water partition coefficient (Wildman–Crippen LogP) is 6.16. The molecule has 0 unspecified atom stereocenters. The van der Waals surface area contributed by atoms with Gasteiger partial charge in [0, 0.05) is 30.8 Å². The van der Waals surface area contributed by atoms with Gasteiger partial charge in [-0.15, -0.1) is 0 Å². The van der Waals surface area contributed by atoms with Crippen molar-refractivity contribution in [2.75, 3.05) is 23.3 Å². The van der Waals surface area contributed by atoms with Gasteiger partial charge < -0.3 is 10.2 Å².